The molecule has 19 heavy (non-hydrogen) atoms. The van der Waals surface area contributed by atoms with E-state index in [0.29, 0.717) is 18.7 Å². The molecule has 0 unspecified atom stereocenters. The third-order valence-corrected chi connectivity index (χ3v) is 3.96. The third kappa shape index (κ3) is 3.54. The van der Waals surface area contributed by atoms with E-state index in [-0.39, 0.29) is 5.91 Å². The van der Waals surface area contributed by atoms with Crippen LogP contribution in [0.1, 0.15) is 16.1 Å². The Morgan fingerprint density at radius 2 is 2.21 bits per heavy atom. The second-order valence-electron chi connectivity index (χ2n) is 4.54. The number of nitrogens with two attached hydrogens (primary N) is 1. The largest absolute Gasteiger partial charge is 0.397 e. The summed E-state index contributed by atoms with van der Waals surface area (Å²) in [5, 5.41) is 2.05. The van der Waals surface area contributed by atoms with Crippen molar-refractivity contribution in [3.8, 4) is 0 Å². The Bertz CT molecular complexity index is 562. The summed E-state index contributed by atoms with van der Waals surface area (Å²) >= 11 is 1.68. The predicted molar refractivity (Wildman–Crippen MR) is 77.9 cm³/mol. The van der Waals surface area contributed by atoms with Crippen LogP contribution in [-0.4, -0.2) is 22.8 Å². The van der Waals surface area contributed by atoms with E-state index >= 15 is 0 Å². The number of pyridine rings is 1. The maximum atomic E-state index is 12.1. The zero-order chi connectivity index (χ0) is 13.8. The van der Waals surface area contributed by atoms with Crippen molar-refractivity contribution < 1.29 is 4.79 Å². The minimum absolute atomic E-state index is 0.0603. The minimum Gasteiger partial charge on any atom is -0.397 e. The molecule has 0 saturated heterocycles. The van der Waals surface area contributed by atoms with E-state index in [9.17, 15) is 4.79 Å². The van der Waals surface area contributed by atoms with E-state index in [1.807, 2.05) is 12.4 Å². The molecule has 0 bridgehead atoms. The molecule has 0 aliphatic carbocycles. The van der Waals surface area contributed by atoms with Gasteiger partial charge in [-0.2, -0.15) is 0 Å². The van der Waals surface area contributed by atoms with Crippen LogP contribution in [0.4, 0.5) is 5.69 Å². The van der Waals surface area contributed by atoms with Crippen LogP contribution in [0.15, 0.2) is 29.8 Å². The molecule has 2 rings (SSSR count). The molecular weight excluding hydrogens is 258 g/mol. The number of rotatable bonds is 4. The molecule has 0 fully saturated rings. The fourth-order valence-corrected chi connectivity index (χ4v) is 2.66. The molecule has 2 aromatic rings. The Morgan fingerprint density at radius 1 is 1.42 bits per heavy atom. The lowest BCUT2D eigenvalue weighted by molar-refractivity contribution is -0.129. The van der Waals surface area contributed by atoms with E-state index in [0.717, 1.165) is 5.69 Å². The number of aromatic nitrogens is 1. The van der Waals surface area contributed by atoms with Crippen molar-refractivity contribution in [2.45, 2.75) is 19.9 Å². The molecule has 0 spiro atoms. The van der Waals surface area contributed by atoms with Gasteiger partial charge in [-0.1, -0.05) is 0 Å². The van der Waals surface area contributed by atoms with Gasteiger partial charge in [-0.25, -0.2) is 0 Å². The summed E-state index contributed by atoms with van der Waals surface area (Å²) in [7, 11) is 1.82. The van der Waals surface area contributed by atoms with Crippen LogP contribution >= 0.6 is 11.3 Å². The fourth-order valence-electron chi connectivity index (χ4n) is 1.70. The highest BCUT2D eigenvalue weighted by Crippen LogP contribution is 2.17. The van der Waals surface area contributed by atoms with Crippen LogP contribution < -0.4 is 5.73 Å². The first-order valence-electron chi connectivity index (χ1n) is 6.03. The van der Waals surface area contributed by atoms with Crippen molar-refractivity contribution in [3.05, 3.63) is 45.9 Å². The van der Waals surface area contributed by atoms with Crippen LogP contribution in [0.3, 0.4) is 0 Å². The number of hydrogen-bond acceptors (Lipinski definition) is 4. The van der Waals surface area contributed by atoms with Gasteiger partial charge in [0.2, 0.25) is 5.91 Å². The molecule has 0 aliphatic heterocycles. The number of thiophene rings is 1. The highest BCUT2D eigenvalue weighted by atomic mass is 32.1. The Hall–Kier alpha value is -1.88. The maximum absolute atomic E-state index is 12.1. The van der Waals surface area contributed by atoms with E-state index < -0.39 is 0 Å². The molecule has 100 valence electrons. The fraction of sp³-hybridized carbons (Fsp3) is 0.286. The Labute approximate surface area is 116 Å². The first-order chi connectivity index (χ1) is 9.06. The van der Waals surface area contributed by atoms with Gasteiger partial charge in [0.05, 0.1) is 24.8 Å². The lowest BCUT2D eigenvalue weighted by Gasteiger charge is -2.16. The van der Waals surface area contributed by atoms with Crippen LogP contribution in [0.5, 0.6) is 0 Å². The first kappa shape index (κ1) is 13.5. The van der Waals surface area contributed by atoms with Crippen LogP contribution in [-0.2, 0) is 17.8 Å². The molecule has 4 nitrogen and oxygen atoms in total. The second kappa shape index (κ2) is 5.84. The van der Waals surface area contributed by atoms with Crippen LogP contribution in [0.2, 0.25) is 0 Å². The van der Waals surface area contributed by atoms with Gasteiger partial charge in [0.1, 0.15) is 0 Å². The lowest BCUT2D eigenvalue weighted by atomic mass is 10.2. The number of carbonyl (C=O) groups is 1. The second-order valence-corrected chi connectivity index (χ2v) is 5.54. The number of nitrogens with zero attached hydrogens (tertiary/aromatic N) is 2. The molecule has 5 heteroatoms. The monoisotopic (exact) mass is 275 g/mol. The highest BCUT2D eigenvalue weighted by molar-refractivity contribution is 7.10. The standard InChI is InChI=1S/C14H17N3OS/c1-10-5-6-19-13(10)9-17(2)14(18)7-12-4-3-11(15)8-16-12/h3-6,8H,7,9,15H2,1-2H3. The molecule has 0 radical (unpaired) electrons. The summed E-state index contributed by atoms with van der Waals surface area (Å²) in [6, 6.07) is 5.62. The molecule has 2 N–H and O–H groups in total. The molecule has 2 heterocycles. The van der Waals surface area contributed by atoms with Gasteiger partial charge < -0.3 is 10.6 Å². The summed E-state index contributed by atoms with van der Waals surface area (Å²) in [6.07, 6.45) is 1.88. The number of nitrogen functional groups attached to an aromatic ring is 1. The zero-order valence-electron chi connectivity index (χ0n) is 11.1. The number of carbonyl (C=O) groups excluding carboxylic acids is 1. The highest BCUT2D eigenvalue weighted by Gasteiger charge is 2.12. The van der Waals surface area contributed by atoms with Crippen molar-refractivity contribution >= 4 is 22.9 Å². The van der Waals surface area contributed by atoms with Gasteiger partial charge in [0.25, 0.3) is 0 Å². The van der Waals surface area contributed by atoms with Crippen molar-refractivity contribution in [2.24, 2.45) is 0 Å². The topological polar surface area (TPSA) is 59.2 Å². The summed E-state index contributed by atoms with van der Waals surface area (Å²) in [6.45, 7) is 2.71. The molecule has 2 aromatic heterocycles. The maximum Gasteiger partial charge on any atom is 0.228 e. The van der Waals surface area contributed by atoms with E-state index in [4.69, 9.17) is 5.73 Å². The Balaban J connectivity index is 1.96. The quantitative estimate of drug-likeness (QED) is 0.931. The molecule has 0 aromatic carbocycles. The van der Waals surface area contributed by atoms with Crippen molar-refractivity contribution in [2.75, 3.05) is 12.8 Å². The molecule has 0 saturated carbocycles. The van der Waals surface area contributed by atoms with Gasteiger partial charge in [-0.15, -0.1) is 11.3 Å². The number of likely N-dealkylation sites (N-methyl/N-ethyl adjacent to an activating group) is 1. The molecule has 1 amide bonds. The first-order valence-corrected chi connectivity index (χ1v) is 6.91. The van der Waals surface area contributed by atoms with Gasteiger partial charge >= 0.3 is 0 Å². The SMILES string of the molecule is Cc1ccsc1CN(C)C(=O)Cc1ccc(N)cn1. The van der Waals surface area contributed by atoms with Crippen molar-refractivity contribution in [1.29, 1.82) is 0 Å². The Morgan fingerprint density at radius 3 is 2.79 bits per heavy atom. The summed E-state index contributed by atoms with van der Waals surface area (Å²) in [5.74, 6) is 0.0603. The van der Waals surface area contributed by atoms with E-state index in [2.05, 4.69) is 18.0 Å². The van der Waals surface area contributed by atoms with Gasteiger partial charge in [0, 0.05) is 17.6 Å². The summed E-state index contributed by atoms with van der Waals surface area (Å²) in [4.78, 5) is 19.2. The smallest absolute Gasteiger partial charge is 0.228 e. The Kier molecular flexibility index (Phi) is 4.16. The number of anilines is 1. The van der Waals surface area contributed by atoms with Gasteiger partial charge in [0.15, 0.2) is 0 Å². The number of amides is 1. The van der Waals surface area contributed by atoms with Crippen molar-refractivity contribution in [1.82, 2.24) is 9.88 Å². The molecule has 0 aliphatic rings. The predicted octanol–water partition coefficient (Wildman–Crippen LogP) is 2.23. The van der Waals surface area contributed by atoms with E-state index in [1.165, 1.54) is 10.4 Å². The number of hydrogen-bond donors (Lipinski definition) is 1. The molecular formula is C14H17N3OS. The van der Waals surface area contributed by atoms with Gasteiger partial charge in [-0.3, -0.25) is 9.78 Å². The normalized spacial score (nSPS) is 10.4. The van der Waals surface area contributed by atoms with Crippen molar-refractivity contribution in [3.63, 3.8) is 0 Å². The van der Waals surface area contributed by atoms with Crippen LogP contribution in [0.25, 0.3) is 0 Å². The molecule has 0 atom stereocenters. The van der Waals surface area contributed by atoms with Gasteiger partial charge in [-0.05, 0) is 36.1 Å². The van der Waals surface area contributed by atoms with E-state index in [1.54, 1.807) is 34.6 Å². The lowest BCUT2D eigenvalue weighted by Crippen LogP contribution is -2.27. The summed E-state index contributed by atoms with van der Waals surface area (Å²) in [5.41, 5.74) is 8.15. The average Bonchev–Trinajstić information content (AvgIpc) is 2.78. The average molecular weight is 275 g/mol. The third-order valence-electron chi connectivity index (χ3n) is 2.95. The zero-order valence-corrected chi connectivity index (χ0v) is 11.9. The number of aryl methyl sites for hydroxylation is 1. The van der Waals surface area contributed by atoms with Crippen LogP contribution in [0, 0.1) is 6.92 Å². The minimum atomic E-state index is 0.0603. The summed E-state index contributed by atoms with van der Waals surface area (Å²) < 4.78 is 0.